The zero-order valence-corrected chi connectivity index (χ0v) is 21.8. The summed E-state index contributed by atoms with van der Waals surface area (Å²) in [6, 6.07) is 22.4. The third kappa shape index (κ3) is 6.57. The number of hydrogen-bond donors (Lipinski definition) is 0. The summed E-state index contributed by atoms with van der Waals surface area (Å²) in [6.45, 7) is 2.99. The van der Waals surface area contributed by atoms with E-state index in [1.807, 2.05) is 18.2 Å². The lowest BCUT2D eigenvalue weighted by Crippen LogP contribution is -2.55. The lowest BCUT2D eigenvalue weighted by molar-refractivity contribution is -0.115. The number of ether oxygens (including phenoxy) is 2. The first kappa shape index (κ1) is 26.4. The molecular formula is C31H35FN2O3. The Morgan fingerprint density at radius 2 is 1.81 bits per heavy atom. The molecule has 6 heteroatoms. The molecule has 0 aromatic heterocycles. The maximum absolute atomic E-state index is 13.8. The predicted octanol–water partition coefficient (Wildman–Crippen LogP) is 6.33. The van der Waals surface area contributed by atoms with E-state index in [9.17, 15) is 9.18 Å². The molecule has 1 aliphatic rings. The minimum absolute atomic E-state index is 0.177. The van der Waals surface area contributed by atoms with E-state index in [1.54, 1.807) is 49.5 Å². The van der Waals surface area contributed by atoms with E-state index in [0.717, 1.165) is 31.4 Å². The monoisotopic (exact) mass is 502 g/mol. The van der Waals surface area contributed by atoms with Crippen LogP contribution in [0.4, 0.5) is 10.1 Å². The summed E-state index contributed by atoms with van der Waals surface area (Å²) < 4.78 is 24.4. The van der Waals surface area contributed by atoms with E-state index in [0.29, 0.717) is 23.2 Å². The molecule has 1 saturated heterocycles. The maximum Gasteiger partial charge on any atom is 0.252 e. The molecule has 194 valence electrons. The minimum atomic E-state index is -0.309. The number of nitrogens with zero attached hydrogens (tertiary/aromatic N) is 2. The number of anilines is 1. The summed E-state index contributed by atoms with van der Waals surface area (Å²) in [5, 5.41) is 0. The van der Waals surface area contributed by atoms with Crippen LogP contribution < -0.4 is 14.4 Å². The van der Waals surface area contributed by atoms with Gasteiger partial charge in [0.15, 0.2) is 0 Å². The van der Waals surface area contributed by atoms with Gasteiger partial charge in [-0.3, -0.25) is 14.6 Å². The fraction of sp³-hybridized carbons (Fsp3) is 0.323. The molecule has 1 heterocycles. The summed E-state index contributed by atoms with van der Waals surface area (Å²) in [6.07, 6.45) is 7.30. The number of rotatable bonds is 9. The molecule has 3 aromatic rings. The largest absolute Gasteiger partial charge is 0.497 e. The van der Waals surface area contributed by atoms with Crippen LogP contribution in [0.25, 0.3) is 6.08 Å². The van der Waals surface area contributed by atoms with Crippen molar-refractivity contribution < 1.29 is 18.7 Å². The SMILES string of the molecule is COc1ccc(N(C(=O)/C=C/c2ccc(F)cc2)C(C)N2CCCCC2Cc2ccccc2)c(OC)c1. The number of benzene rings is 3. The van der Waals surface area contributed by atoms with Crippen molar-refractivity contribution in [3.05, 3.63) is 95.8 Å². The molecule has 1 fully saturated rings. The van der Waals surface area contributed by atoms with Gasteiger partial charge in [-0.05, 0) is 67.7 Å². The fourth-order valence-electron chi connectivity index (χ4n) is 5.08. The smallest absolute Gasteiger partial charge is 0.252 e. The molecule has 0 spiro atoms. The minimum Gasteiger partial charge on any atom is -0.497 e. The Morgan fingerprint density at radius 3 is 2.51 bits per heavy atom. The van der Waals surface area contributed by atoms with E-state index >= 15 is 0 Å². The average molecular weight is 503 g/mol. The molecular weight excluding hydrogens is 467 g/mol. The van der Waals surface area contributed by atoms with Crippen LogP contribution in [0.1, 0.15) is 37.3 Å². The van der Waals surface area contributed by atoms with Gasteiger partial charge in [-0.2, -0.15) is 0 Å². The van der Waals surface area contributed by atoms with Crippen LogP contribution in [0.3, 0.4) is 0 Å². The molecule has 0 saturated carbocycles. The Hall–Kier alpha value is -3.64. The molecule has 1 aliphatic heterocycles. The third-order valence-electron chi connectivity index (χ3n) is 7.01. The van der Waals surface area contributed by atoms with Gasteiger partial charge in [-0.1, -0.05) is 48.9 Å². The molecule has 37 heavy (non-hydrogen) atoms. The molecule has 5 nitrogen and oxygen atoms in total. The topological polar surface area (TPSA) is 42.0 Å². The van der Waals surface area contributed by atoms with Crippen molar-refractivity contribution in [2.75, 3.05) is 25.7 Å². The Labute approximate surface area is 219 Å². The molecule has 2 unspecified atom stereocenters. The Bertz CT molecular complexity index is 1200. The van der Waals surface area contributed by atoms with Gasteiger partial charge in [0.2, 0.25) is 0 Å². The van der Waals surface area contributed by atoms with E-state index in [4.69, 9.17) is 9.47 Å². The van der Waals surface area contributed by atoms with E-state index < -0.39 is 0 Å². The van der Waals surface area contributed by atoms with Gasteiger partial charge in [0.05, 0.1) is 26.1 Å². The summed E-state index contributed by atoms with van der Waals surface area (Å²) in [5.41, 5.74) is 2.72. The molecule has 0 radical (unpaired) electrons. The van der Waals surface area contributed by atoms with Crippen molar-refractivity contribution in [2.45, 2.75) is 44.8 Å². The highest BCUT2D eigenvalue weighted by Crippen LogP contribution is 2.36. The fourth-order valence-corrected chi connectivity index (χ4v) is 5.08. The van der Waals surface area contributed by atoms with Crippen molar-refractivity contribution in [3.63, 3.8) is 0 Å². The second-order valence-electron chi connectivity index (χ2n) is 9.34. The number of piperidine rings is 1. The maximum atomic E-state index is 13.8. The normalized spacial score (nSPS) is 16.9. The third-order valence-corrected chi connectivity index (χ3v) is 7.01. The standard InChI is InChI=1S/C31H35FN2O3/c1-23(33-20-8-7-11-27(33)21-25-9-5-4-6-10-25)34(29-18-17-28(36-2)22-30(29)37-3)31(35)19-14-24-12-15-26(32)16-13-24/h4-6,9-10,12-19,22-23,27H,7-8,11,20-21H2,1-3H3/b19-14+. The van der Waals surface area contributed by atoms with Gasteiger partial charge >= 0.3 is 0 Å². The van der Waals surface area contributed by atoms with Crippen molar-refractivity contribution >= 4 is 17.7 Å². The number of methoxy groups -OCH3 is 2. The van der Waals surface area contributed by atoms with Gasteiger partial charge in [-0.25, -0.2) is 4.39 Å². The highest BCUT2D eigenvalue weighted by atomic mass is 19.1. The van der Waals surface area contributed by atoms with Crippen molar-refractivity contribution in [1.82, 2.24) is 4.90 Å². The van der Waals surface area contributed by atoms with E-state index in [-0.39, 0.29) is 17.9 Å². The molecule has 3 aromatic carbocycles. The van der Waals surface area contributed by atoms with Gasteiger partial charge in [0.1, 0.15) is 17.3 Å². The summed E-state index contributed by atoms with van der Waals surface area (Å²) in [5.74, 6) is 0.731. The Kier molecular flexibility index (Phi) is 8.96. The van der Waals surface area contributed by atoms with E-state index in [2.05, 4.69) is 36.1 Å². The van der Waals surface area contributed by atoms with Crippen LogP contribution in [0.2, 0.25) is 0 Å². The molecule has 0 N–H and O–H groups in total. The second-order valence-corrected chi connectivity index (χ2v) is 9.34. The number of halogens is 1. The molecule has 4 rings (SSSR count). The van der Waals surface area contributed by atoms with Crippen LogP contribution in [0.15, 0.2) is 78.9 Å². The second kappa shape index (κ2) is 12.5. The highest BCUT2D eigenvalue weighted by Gasteiger charge is 2.33. The number of carbonyl (C=O) groups excluding carboxylic acids is 1. The first-order chi connectivity index (χ1) is 18.0. The van der Waals surface area contributed by atoms with Gasteiger partial charge in [0, 0.05) is 24.7 Å². The van der Waals surface area contributed by atoms with Crippen LogP contribution >= 0.6 is 0 Å². The van der Waals surface area contributed by atoms with Crippen molar-refractivity contribution in [3.8, 4) is 11.5 Å². The number of amides is 1. The summed E-state index contributed by atoms with van der Waals surface area (Å²) >= 11 is 0. The zero-order valence-electron chi connectivity index (χ0n) is 21.8. The van der Waals surface area contributed by atoms with E-state index in [1.165, 1.54) is 24.1 Å². The van der Waals surface area contributed by atoms with Crippen LogP contribution in [-0.4, -0.2) is 43.8 Å². The molecule has 0 aliphatic carbocycles. The molecule has 2 atom stereocenters. The van der Waals surface area contributed by atoms with Gasteiger partial charge in [-0.15, -0.1) is 0 Å². The van der Waals surface area contributed by atoms with Crippen molar-refractivity contribution in [1.29, 1.82) is 0 Å². The lowest BCUT2D eigenvalue weighted by atomic mass is 9.95. The number of likely N-dealkylation sites (tertiary alicyclic amines) is 1. The van der Waals surface area contributed by atoms with Crippen LogP contribution in [0, 0.1) is 5.82 Å². The van der Waals surface area contributed by atoms with Crippen molar-refractivity contribution in [2.24, 2.45) is 0 Å². The van der Waals surface area contributed by atoms with Gasteiger partial charge in [0.25, 0.3) is 5.91 Å². The quantitative estimate of drug-likeness (QED) is 0.321. The number of hydrogen-bond acceptors (Lipinski definition) is 4. The molecule has 0 bridgehead atoms. The average Bonchev–Trinajstić information content (AvgIpc) is 2.93. The highest BCUT2D eigenvalue weighted by molar-refractivity contribution is 6.05. The Balaban J connectivity index is 1.68. The zero-order chi connectivity index (χ0) is 26.2. The lowest BCUT2D eigenvalue weighted by Gasteiger charge is -2.44. The summed E-state index contributed by atoms with van der Waals surface area (Å²) in [7, 11) is 3.20. The summed E-state index contributed by atoms with van der Waals surface area (Å²) in [4.78, 5) is 18.0. The number of carbonyl (C=O) groups is 1. The molecule has 1 amide bonds. The van der Waals surface area contributed by atoms with Crippen LogP contribution in [-0.2, 0) is 11.2 Å². The predicted molar refractivity (Wildman–Crippen MR) is 146 cm³/mol. The van der Waals surface area contributed by atoms with Gasteiger partial charge < -0.3 is 9.47 Å². The first-order valence-corrected chi connectivity index (χ1v) is 12.8. The first-order valence-electron chi connectivity index (χ1n) is 12.8. The Morgan fingerprint density at radius 1 is 1.05 bits per heavy atom. The van der Waals surface area contributed by atoms with Crippen LogP contribution in [0.5, 0.6) is 11.5 Å².